The summed E-state index contributed by atoms with van der Waals surface area (Å²) < 4.78 is 1.67. The van der Waals surface area contributed by atoms with Gasteiger partial charge in [-0.2, -0.15) is 0 Å². The number of thiophene rings is 1. The zero-order valence-corrected chi connectivity index (χ0v) is 12.8. The summed E-state index contributed by atoms with van der Waals surface area (Å²) in [7, 11) is 0. The molecule has 0 fully saturated rings. The van der Waals surface area contributed by atoms with Crippen molar-refractivity contribution in [2.75, 3.05) is 0 Å². The van der Waals surface area contributed by atoms with Crippen LogP contribution in [0.15, 0.2) is 28.7 Å². The molecule has 0 bridgehead atoms. The van der Waals surface area contributed by atoms with Crippen LogP contribution in [-0.2, 0) is 0 Å². The van der Waals surface area contributed by atoms with E-state index in [4.69, 9.17) is 17.3 Å². The number of aryl methyl sites for hydroxylation is 2. The summed E-state index contributed by atoms with van der Waals surface area (Å²) in [6, 6.07) is 8.28. The van der Waals surface area contributed by atoms with Gasteiger partial charge in [-0.1, -0.05) is 40.9 Å². The molecule has 4 heteroatoms. The van der Waals surface area contributed by atoms with Crippen molar-refractivity contribution in [2.24, 2.45) is 5.73 Å². The van der Waals surface area contributed by atoms with Gasteiger partial charge in [-0.15, -0.1) is 11.3 Å². The number of benzene rings is 1. The fourth-order valence-corrected chi connectivity index (χ4v) is 3.64. The Balaban J connectivity index is 2.39. The summed E-state index contributed by atoms with van der Waals surface area (Å²) in [5.41, 5.74) is 9.87. The fraction of sp³-hybridized carbons (Fsp3) is 0.231. The van der Waals surface area contributed by atoms with Gasteiger partial charge >= 0.3 is 0 Å². The highest BCUT2D eigenvalue weighted by Crippen LogP contribution is 2.36. The monoisotopic (exact) mass is 329 g/mol. The molecule has 0 aliphatic heterocycles. The molecule has 2 N–H and O–H groups in total. The predicted molar refractivity (Wildman–Crippen MR) is 79.0 cm³/mol. The van der Waals surface area contributed by atoms with Gasteiger partial charge in [0.05, 0.1) is 6.04 Å². The molecule has 1 nitrogen and oxygen atoms in total. The maximum absolute atomic E-state index is 6.27. The van der Waals surface area contributed by atoms with Gasteiger partial charge < -0.3 is 5.73 Å². The molecule has 0 amide bonds. The minimum Gasteiger partial charge on any atom is -0.320 e. The number of hydrogen-bond acceptors (Lipinski definition) is 2. The standard InChI is InChI=1S/C13H13BrClNS/c1-7-3-8(2)5-9(4-7)12(16)11-6-10(14)13(15)17-11/h3-6,12H,16H2,1-2H3. The Hall–Kier alpha value is -0.350. The van der Waals surface area contributed by atoms with E-state index in [2.05, 4.69) is 48.0 Å². The first kappa shape index (κ1) is 13.1. The molecule has 1 heterocycles. The molecule has 1 aromatic heterocycles. The first-order valence-corrected chi connectivity index (χ1v) is 7.24. The largest absolute Gasteiger partial charge is 0.320 e. The SMILES string of the molecule is Cc1cc(C)cc(C(N)c2cc(Br)c(Cl)s2)c1. The highest BCUT2D eigenvalue weighted by molar-refractivity contribution is 9.10. The van der Waals surface area contributed by atoms with Crippen molar-refractivity contribution < 1.29 is 0 Å². The van der Waals surface area contributed by atoms with Crippen molar-refractivity contribution >= 4 is 38.9 Å². The number of rotatable bonds is 2. The van der Waals surface area contributed by atoms with Gasteiger partial charge in [0.1, 0.15) is 4.34 Å². The van der Waals surface area contributed by atoms with E-state index < -0.39 is 0 Å². The van der Waals surface area contributed by atoms with Crippen LogP contribution in [0.25, 0.3) is 0 Å². The molecular formula is C13H13BrClNS. The summed E-state index contributed by atoms with van der Waals surface area (Å²) in [5, 5.41) is 0. The Kier molecular flexibility index (Phi) is 3.93. The van der Waals surface area contributed by atoms with Crippen LogP contribution in [0.1, 0.15) is 27.6 Å². The topological polar surface area (TPSA) is 26.0 Å². The Morgan fingerprint density at radius 3 is 2.24 bits per heavy atom. The van der Waals surface area contributed by atoms with Gasteiger partial charge in [0.25, 0.3) is 0 Å². The molecule has 0 radical (unpaired) electrons. The van der Waals surface area contributed by atoms with Gasteiger partial charge in [-0.25, -0.2) is 0 Å². The van der Waals surface area contributed by atoms with Crippen LogP contribution in [0.5, 0.6) is 0 Å². The molecule has 2 aromatic rings. The van der Waals surface area contributed by atoms with Crippen LogP contribution >= 0.6 is 38.9 Å². The molecular weight excluding hydrogens is 318 g/mol. The summed E-state index contributed by atoms with van der Waals surface area (Å²) in [5.74, 6) is 0. The number of halogens is 2. The van der Waals surface area contributed by atoms with Crippen LogP contribution in [0, 0.1) is 13.8 Å². The maximum atomic E-state index is 6.27. The summed E-state index contributed by atoms with van der Waals surface area (Å²) >= 11 is 11.0. The van der Waals surface area contributed by atoms with Gasteiger partial charge in [0.2, 0.25) is 0 Å². The van der Waals surface area contributed by atoms with E-state index in [1.165, 1.54) is 22.5 Å². The van der Waals surface area contributed by atoms with Crippen molar-refractivity contribution in [3.63, 3.8) is 0 Å². The summed E-state index contributed by atoms with van der Waals surface area (Å²) in [4.78, 5) is 1.08. The van der Waals surface area contributed by atoms with Crippen LogP contribution in [0.3, 0.4) is 0 Å². The average molecular weight is 331 g/mol. The van der Waals surface area contributed by atoms with Crippen LogP contribution in [-0.4, -0.2) is 0 Å². The highest BCUT2D eigenvalue weighted by Gasteiger charge is 2.14. The van der Waals surface area contributed by atoms with Gasteiger partial charge in [-0.3, -0.25) is 0 Å². The molecule has 90 valence electrons. The first-order chi connectivity index (χ1) is 7.97. The lowest BCUT2D eigenvalue weighted by molar-refractivity contribution is 0.889. The van der Waals surface area contributed by atoms with Crippen LogP contribution in [0.4, 0.5) is 0 Å². The smallest absolute Gasteiger partial charge is 0.107 e. The predicted octanol–water partition coefficient (Wildman–Crippen LogP) is 4.83. The van der Waals surface area contributed by atoms with Gasteiger partial charge in [0.15, 0.2) is 0 Å². The Morgan fingerprint density at radius 2 is 1.76 bits per heavy atom. The third kappa shape index (κ3) is 2.91. The van der Waals surface area contributed by atoms with E-state index in [-0.39, 0.29) is 6.04 Å². The lowest BCUT2D eigenvalue weighted by atomic mass is 10.0. The Labute approximate surface area is 119 Å². The molecule has 1 aromatic carbocycles. The van der Waals surface area contributed by atoms with E-state index in [9.17, 15) is 0 Å². The van der Waals surface area contributed by atoms with Crippen molar-refractivity contribution in [1.29, 1.82) is 0 Å². The quantitative estimate of drug-likeness (QED) is 0.838. The lowest BCUT2D eigenvalue weighted by Gasteiger charge is -2.11. The second-order valence-electron chi connectivity index (χ2n) is 4.17. The molecule has 0 spiro atoms. The minimum atomic E-state index is -0.109. The van der Waals surface area contributed by atoms with E-state index in [0.29, 0.717) is 0 Å². The van der Waals surface area contributed by atoms with Crippen LogP contribution < -0.4 is 5.73 Å². The van der Waals surface area contributed by atoms with E-state index >= 15 is 0 Å². The third-order valence-corrected chi connectivity index (χ3v) is 5.13. The average Bonchev–Trinajstić information content (AvgIpc) is 2.57. The van der Waals surface area contributed by atoms with E-state index in [1.54, 1.807) is 0 Å². The zero-order chi connectivity index (χ0) is 12.6. The van der Waals surface area contributed by atoms with Crippen molar-refractivity contribution in [2.45, 2.75) is 19.9 Å². The van der Waals surface area contributed by atoms with Gasteiger partial charge in [-0.05, 0) is 41.4 Å². The molecule has 1 atom stereocenters. The molecule has 2 rings (SSSR count). The summed E-state index contributed by atoms with van der Waals surface area (Å²) in [6.45, 7) is 4.17. The lowest BCUT2D eigenvalue weighted by Crippen LogP contribution is -2.10. The second-order valence-corrected chi connectivity index (χ2v) is 6.71. The Bertz CT molecular complexity index is 511. The molecule has 0 saturated heterocycles. The normalized spacial score (nSPS) is 12.8. The van der Waals surface area contributed by atoms with E-state index in [1.807, 2.05) is 6.07 Å². The third-order valence-electron chi connectivity index (χ3n) is 2.57. The summed E-state index contributed by atoms with van der Waals surface area (Å²) in [6.07, 6.45) is 0. The fourth-order valence-electron chi connectivity index (χ4n) is 1.87. The molecule has 0 aliphatic carbocycles. The minimum absolute atomic E-state index is 0.109. The molecule has 0 aliphatic rings. The first-order valence-electron chi connectivity index (χ1n) is 5.26. The highest BCUT2D eigenvalue weighted by atomic mass is 79.9. The van der Waals surface area contributed by atoms with Crippen LogP contribution in [0.2, 0.25) is 4.34 Å². The Morgan fingerprint density at radius 1 is 1.18 bits per heavy atom. The molecule has 0 saturated carbocycles. The van der Waals surface area contributed by atoms with Crippen molar-refractivity contribution in [1.82, 2.24) is 0 Å². The van der Waals surface area contributed by atoms with Gasteiger partial charge in [0, 0.05) is 9.35 Å². The zero-order valence-electron chi connectivity index (χ0n) is 9.63. The molecule has 1 unspecified atom stereocenters. The van der Waals surface area contributed by atoms with Crippen molar-refractivity contribution in [3.8, 4) is 0 Å². The number of hydrogen-bond donors (Lipinski definition) is 1. The van der Waals surface area contributed by atoms with E-state index in [0.717, 1.165) is 19.2 Å². The number of nitrogens with two attached hydrogens (primary N) is 1. The van der Waals surface area contributed by atoms with Crippen molar-refractivity contribution in [3.05, 3.63) is 54.6 Å². The maximum Gasteiger partial charge on any atom is 0.107 e. The molecule has 17 heavy (non-hydrogen) atoms. The second kappa shape index (κ2) is 5.11.